The average molecular weight is 355 g/mol. The Kier molecular flexibility index (Phi) is 4.92. The highest BCUT2D eigenvalue weighted by Crippen LogP contribution is 2.25. The van der Waals surface area contributed by atoms with Gasteiger partial charge in [-0.25, -0.2) is 0 Å². The molecular weight excluding hydrogens is 334 g/mol. The summed E-state index contributed by atoms with van der Waals surface area (Å²) >= 11 is 0. The fourth-order valence-electron chi connectivity index (χ4n) is 2.67. The third-order valence-electron chi connectivity index (χ3n) is 4.33. The Bertz CT molecular complexity index is 916. The van der Waals surface area contributed by atoms with Crippen molar-refractivity contribution in [3.05, 3.63) is 47.9 Å². The van der Waals surface area contributed by atoms with Crippen LogP contribution in [0.1, 0.15) is 16.1 Å². The van der Waals surface area contributed by atoms with Crippen LogP contribution in [0.5, 0.6) is 5.75 Å². The van der Waals surface area contributed by atoms with Gasteiger partial charge in [-0.15, -0.1) is 0 Å². The lowest BCUT2D eigenvalue weighted by Crippen LogP contribution is -2.38. The minimum absolute atomic E-state index is 0.0391. The molecule has 0 bridgehead atoms. The van der Waals surface area contributed by atoms with Crippen LogP contribution >= 0.6 is 0 Å². The molecule has 3 rings (SSSR count). The van der Waals surface area contributed by atoms with Gasteiger partial charge in [0.15, 0.2) is 0 Å². The molecule has 0 radical (unpaired) electrons. The second-order valence-corrected chi connectivity index (χ2v) is 6.25. The van der Waals surface area contributed by atoms with E-state index < -0.39 is 0 Å². The number of H-pyrrole nitrogens is 2. The van der Waals surface area contributed by atoms with E-state index in [2.05, 4.69) is 15.2 Å². The molecule has 2 aromatic heterocycles. The van der Waals surface area contributed by atoms with Gasteiger partial charge in [0.1, 0.15) is 11.4 Å². The van der Waals surface area contributed by atoms with Gasteiger partial charge < -0.3 is 19.9 Å². The van der Waals surface area contributed by atoms with E-state index in [4.69, 9.17) is 0 Å². The lowest BCUT2D eigenvalue weighted by Gasteiger charge is -2.22. The molecule has 0 spiro atoms. The molecule has 3 aromatic rings. The first-order chi connectivity index (χ1) is 12.5. The Balaban J connectivity index is 1.58. The second-order valence-electron chi connectivity index (χ2n) is 6.25. The Morgan fingerprint density at radius 2 is 1.96 bits per heavy atom. The Labute approximate surface area is 150 Å². The third kappa shape index (κ3) is 3.69. The van der Waals surface area contributed by atoms with Crippen LogP contribution in [0.15, 0.2) is 36.7 Å². The number of rotatable bonds is 6. The van der Waals surface area contributed by atoms with E-state index in [1.165, 1.54) is 0 Å². The maximum Gasteiger partial charge on any atom is 0.270 e. The highest BCUT2D eigenvalue weighted by molar-refractivity contribution is 5.99. The minimum Gasteiger partial charge on any atom is -0.507 e. The summed E-state index contributed by atoms with van der Waals surface area (Å²) in [7, 11) is 3.39. The van der Waals surface area contributed by atoms with E-state index in [0.717, 1.165) is 5.56 Å². The molecule has 0 fully saturated rings. The number of phenols is 1. The number of carbonyl (C=O) groups excluding carboxylic acids is 2. The third-order valence-corrected chi connectivity index (χ3v) is 4.33. The van der Waals surface area contributed by atoms with E-state index in [1.54, 1.807) is 60.6 Å². The number of hydrogen-bond acceptors (Lipinski definition) is 4. The molecule has 0 aliphatic heterocycles. The molecule has 3 N–H and O–H groups in total. The van der Waals surface area contributed by atoms with Crippen LogP contribution < -0.4 is 0 Å². The zero-order valence-electron chi connectivity index (χ0n) is 14.7. The highest BCUT2D eigenvalue weighted by Gasteiger charge is 2.17. The summed E-state index contributed by atoms with van der Waals surface area (Å²) in [5.41, 5.74) is 1.93. The molecule has 136 valence electrons. The van der Waals surface area contributed by atoms with Gasteiger partial charge in [0.05, 0.1) is 12.6 Å². The molecule has 26 heavy (non-hydrogen) atoms. The normalized spacial score (nSPS) is 10.8. The van der Waals surface area contributed by atoms with Crippen molar-refractivity contribution in [2.24, 2.45) is 0 Å². The number of amides is 2. The lowest BCUT2D eigenvalue weighted by molar-refractivity contribution is -0.129. The van der Waals surface area contributed by atoms with Gasteiger partial charge in [-0.05, 0) is 23.8 Å². The van der Waals surface area contributed by atoms with Gasteiger partial charge >= 0.3 is 0 Å². The van der Waals surface area contributed by atoms with Crippen molar-refractivity contribution in [2.75, 3.05) is 27.2 Å². The lowest BCUT2D eigenvalue weighted by atomic mass is 10.2. The van der Waals surface area contributed by atoms with Crippen molar-refractivity contribution in [2.45, 2.75) is 6.42 Å². The van der Waals surface area contributed by atoms with Crippen LogP contribution in [0.25, 0.3) is 10.9 Å². The molecule has 0 aliphatic carbocycles. The number of nitrogens with zero attached hydrogens (tertiary/aromatic N) is 3. The molecule has 2 amide bonds. The van der Waals surface area contributed by atoms with Gasteiger partial charge in [-0.1, -0.05) is 6.07 Å². The molecule has 1 aromatic carbocycles. The first kappa shape index (κ1) is 17.5. The van der Waals surface area contributed by atoms with Crippen LogP contribution in [-0.4, -0.2) is 69.1 Å². The summed E-state index contributed by atoms with van der Waals surface area (Å²) in [5.74, 6) is -0.107. The summed E-state index contributed by atoms with van der Waals surface area (Å²) in [6.07, 6.45) is 3.57. The number of benzene rings is 1. The van der Waals surface area contributed by atoms with Crippen molar-refractivity contribution in [3.63, 3.8) is 0 Å². The standard InChI is InChI=1S/C18H21N5O3/c1-22(17(25)8-12-10-19-20-11-12)6-7-23(2)18(26)15-9-13-14(21-15)4-3-5-16(13)24/h3-5,9-11,21,24H,6-8H2,1-2H3,(H,19,20). The van der Waals surface area contributed by atoms with Crippen LogP contribution in [-0.2, 0) is 11.2 Å². The zero-order chi connectivity index (χ0) is 18.7. The van der Waals surface area contributed by atoms with Gasteiger partial charge in [-0.3, -0.25) is 14.7 Å². The molecule has 0 unspecified atom stereocenters. The van der Waals surface area contributed by atoms with Gasteiger partial charge in [0, 0.05) is 44.3 Å². The molecule has 0 atom stereocenters. The summed E-state index contributed by atoms with van der Waals surface area (Å²) in [6, 6.07) is 6.73. The van der Waals surface area contributed by atoms with E-state index in [-0.39, 0.29) is 24.0 Å². The van der Waals surface area contributed by atoms with Crippen molar-refractivity contribution in [3.8, 4) is 5.75 Å². The number of nitrogens with one attached hydrogen (secondary N) is 2. The maximum absolute atomic E-state index is 12.6. The number of aromatic nitrogens is 3. The van der Waals surface area contributed by atoms with Crippen LogP contribution in [0.2, 0.25) is 0 Å². The number of likely N-dealkylation sites (N-methyl/N-ethyl adjacent to an activating group) is 2. The number of aromatic amines is 2. The van der Waals surface area contributed by atoms with E-state index in [0.29, 0.717) is 29.7 Å². The first-order valence-corrected chi connectivity index (χ1v) is 8.23. The molecule has 0 aliphatic rings. The number of aromatic hydroxyl groups is 1. The molecule has 8 nitrogen and oxygen atoms in total. The minimum atomic E-state index is -0.198. The summed E-state index contributed by atoms with van der Waals surface area (Å²) in [4.78, 5) is 30.9. The highest BCUT2D eigenvalue weighted by atomic mass is 16.3. The van der Waals surface area contributed by atoms with Crippen molar-refractivity contribution >= 4 is 22.7 Å². The average Bonchev–Trinajstić information content (AvgIpc) is 3.28. The van der Waals surface area contributed by atoms with E-state index in [9.17, 15) is 14.7 Å². The Hall–Kier alpha value is -3.29. The zero-order valence-corrected chi connectivity index (χ0v) is 14.7. The van der Waals surface area contributed by atoms with Gasteiger partial charge in [0.25, 0.3) is 5.91 Å². The quantitative estimate of drug-likeness (QED) is 0.621. The topological polar surface area (TPSA) is 105 Å². The first-order valence-electron chi connectivity index (χ1n) is 8.23. The Morgan fingerprint density at radius 3 is 2.65 bits per heavy atom. The van der Waals surface area contributed by atoms with Gasteiger partial charge in [-0.2, -0.15) is 5.10 Å². The second kappa shape index (κ2) is 7.30. The predicted octanol–water partition coefficient (Wildman–Crippen LogP) is 1.37. The van der Waals surface area contributed by atoms with Crippen LogP contribution in [0, 0.1) is 0 Å². The molecular formula is C18H21N5O3. The molecule has 0 saturated heterocycles. The van der Waals surface area contributed by atoms with E-state index >= 15 is 0 Å². The van der Waals surface area contributed by atoms with Crippen LogP contribution in [0.4, 0.5) is 0 Å². The summed E-state index contributed by atoms with van der Waals surface area (Å²) in [5, 5.41) is 17.0. The number of fused-ring (bicyclic) bond motifs is 1. The number of carbonyl (C=O) groups is 2. The van der Waals surface area contributed by atoms with Crippen molar-refractivity contribution in [1.29, 1.82) is 0 Å². The van der Waals surface area contributed by atoms with Crippen molar-refractivity contribution < 1.29 is 14.7 Å². The van der Waals surface area contributed by atoms with E-state index in [1.807, 2.05) is 0 Å². The smallest absolute Gasteiger partial charge is 0.270 e. The largest absolute Gasteiger partial charge is 0.507 e. The monoisotopic (exact) mass is 355 g/mol. The number of phenolic OH excluding ortho intramolecular Hbond substituents is 1. The maximum atomic E-state index is 12.6. The van der Waals surface area contributed by atoms with Crippen LogP contribution in [0.3, 0.4) is 0 Å². The van der Waals surface area contributed by atoms with Gasteiger partial charge in [0.2, 0.25) is 5.91 Å². The molecule has 8 heteroatoms. The molecule has 0 saturated carbocycles. The summed E-state index contributed by atoms with van der Waals surface area (Å²) < 4.78 is 0. The molecule has 2 heterocycles. The fourth-order valence-corrected chi connectivity index (χ4v) is 2.67. The van der Waals surface area contributed by atoms with Crippen molar-refractivity contribution in [1.82, 2.24) is 25.0 Å². The fraction of sp³-hybridized carbons (Fsp3) is 0.278. The SMILES string of the molecule is CN(CCN(C)C(=O)c1cc2c(O)cccc2[nH]1)C(=O)Cc1cn[nH]c1. The summed E-state index contributed by atoms with van der Waals surface area (Å²) in [6.45, 7) is 0.818. The Morgan fingerprint density at radius 1 is 1.19 bits per heavy atom. The predicted molar refractivity (Wildman–Crippen MR) is 96.9 cm³/mol. The number of hydrogen-bond donors (Lipinski definition) is 3.